The highest BCUT2D eigenvalue weighted by molar-refractivity contribution is 6.06. The Balaban J connectivity index is 2.20. The maximum Gasteiger partial charge on any atom is 0.322 e. The van der Waals surface area contributed by atoms with E-state index in [1.54, 1.807) is 13.0 Å². The quantitative estimate of drug-likeness (QED) is 0.516. The number of anilines is 2. The number of aromatic nitrogens is 3. The van der Waals surface area contributed by atoms with Gasteiger partial charge in [0.2, 0.25) is 5.89 Å². The van der Waals surface area contributed by atoms with Crippen molar-refractivity contribution in [3.8, 4) is 0 Å². The molecule has 0 radical (unpaired) electrons. The SMILES string of the molecule is Cc1nnc(NC(=O)c2cnccc2NN)o1. The molecule has 0 aliphatic rings. The third kappa shape index (κ3) is 2.37. The van der Waals surface area contributed by atoms with E-state index in [0.29, 0.717) is 11.6 Å². The largest absolute Gasteiger partial charge is 0.408 e. The van der Waals surface area contributed by atoms with E-state index < -0.39 is 5.91 Å². The Morgan fingerprint density at radius 3 is 2.94 bits per heavy atom. The van der Waals surface area contributed by atoms with Crippen LogP contribution in [0.3, 0.4) is 0 Å². The highest BCUT2D eigenvalue weighted by atomic mass is 16.4. The molecule has 0 saturated carbocycles. The molecule has 2 aromatic rings. The number of nitrogens with two attached hydrogens (primary N) is 1. The average Bonchev–Trinajstić information content (AvgIpc) is 2.74. The second-order valence-electron chi connectivity index (χ2n) is 3.15. The molecule has 0 aliphatic carbocycles. The van der Waals surface area contributed by atoms with Crippen LogP contribution in [0.2, 0.25) is 0 Å². The molecule has 0 aliphatic heterocycles. The number of nitrogens with one attached hydrogen (secondary N) is 2. The zero-order valence-electron chi connectivity index (χ0n) is 8.97. The molecular weight excluding hydrogens is 224 g/mol. The smallest absolute Gasteiger partial charge is 0.322 e. The molecule has 17 heavy (non-hydrogen) atoms. The van der Waals surface area contributed by atoms with Crippen LogP contribution in [0.4, 0.5) is 11.7 Å². The van der Waals surface area contributed by atoms with Gasteiger partial charge in [0.05, 0.1) is 11.3 Å². The number of hydrazine groups is 1. The fourth-order valence-corrected chi connectivity index (χ4v) is 1.21. The summed E-state index contributed by atoms with van der Waals surface area (Å²) in [4.78, 5) is 15.7. The molecular formula is C9H10N6O2. The van der Waals surface area contributed by atoms with Gasteiger partial charge in [-0.15, -0.1) is 5.10 Å². The van der Waals surface area contributed by atoms with Crippen molar-refractivity contribution < 1.29 is 9.21 Å². The zero-order chi connectivity index (χ0) is 12.3. The summed E-state index contributed by atoms with van der Waals surface area (Å²) >= 11 is 0. The van der Waals surface area contributed by atoms with Crippen molar-refractivity contribution in [1.82, 2.24) is 15.2 Å². The minimum Gasteiger partial charge on any atom is -0.408 e. The molecule has 0 unspecified atom stereocenters. The molecule has 8 heteroatoms. The summed E-state index contributed by atoms with van der Waals surface area (Å²) in [7, 11) is 0. The Kier molecular flexibility index (Phi) is 2.97. The van der Waals surface area contributed by atoms with Crippen molar-refractivity contribution in [3.63, 3.8) is 0 Å². The molecule has 0 spiro atoms. The predicted octanol–water partition coefficient (Wildman–Crippen LogP) is 0.311. The highest BCUT2D eigenvalue weighted by Crippen LogP contribution is 2.14. The Labute approximate surface area is 96.2 Å². The van der Waals surface area contributed by atoms with Crippen molar-refractivity contribution in [2.24, 2.45) is 5.84 Å². The molecule has 0 atom stereocenters. The normalized spacial score (nSPS) is 10.0. The molecule has 0 aromatic carbocycles. The summed E-state index contributed by atoms with van der Waals surface area (Å²) in [6, 6.07) is 1.60. The van der Waals surface area contributed by atoms with Gasteiger partial charge in [-0.1, -0.05) is 5.10 Å². The molecule has 2 heterocycles. The predicted molar refractivity (Wildman–Crippen MR) is 59.0 cm³/mol. The summed E-state index contributed by atoms with van der Waals surface area (Å²) in [5.41, 5.74) is 3.14. The molecule has 2 rings (SSSR count). The van der Waals surface area contributed by atoms with Crippen molar-refractivity contribution in [1.29, 1.82) is 0 Å². The van der Waals surface area contributed by atoms with Gasteiger partial charge in [0.1, 0.15) is 0 Å². The fourth-order valence-electron chi connectivity index (χ4n) is 1.21. The van der Waals surface area contributed by atoms with Crippen LogP contribution in [-0.2, 0) is 0 Å². The van der Waals surface area contributed by atoms with Crippen LogP contribution in [0.15, 0.2) is 22.9 Å². The van der Waals surface area contributed by atoms with Crippen LogP contribution in [0.25, 0.3) is 0 Å². The van der Waals surface area contributed by atoms with Gasteiger partial charge in [0.15, 0.2) is 0 Å². The fraction of sp³-hybridized carbons (Fsp3) is 0.111. The van der Waals surface area contributed by atoms with Gasteiger partial charge < -0.3 is 9.84 Å². The lowest BCUT2D eigenvalue weighted by Gasteiger charge is -2.06. The first-order valence-corrected chi connectivity index (χ1v) is 4.73. The van der Waals surface area contributed by atoms with Crippen LogP contribution in [0, 0.1) is 6.92 Å². The van der Waals surface area contributed by atoms with Gasteiger partial charge in [0, 0.05) is 19.3 Å². The van der Waals surface area contributed by atoms with E-state index in [0.717, 1.165) is 0 Å². The van der Waals surface area contributed by atoms with Crippen LogP contribution >= 0.6 is 0 Å². The second kappa shape index (κ2) is 4.58. The number of carbonyl (C=O) groups excluding carboxylic acids is 1. The Hall–Kier alpha value is -2.48. The van der Waals surface area contributed by atoms with Crippen LogP contribution in [0.1, 0.15) is 16.2 Å². The van der Waals surface area contributed by atoms with E-state index >= 15 is 0 Å². The molecule has 1 amide bonds. The molecule has 2 aromatic heterocycles. The first-order chi connectivity index (χ1) is 8.20. The van der Waals surface area contributed by atoms with Crippen molar-refractivity contribution in [2.45, 2.75) is 6.92 Å². The number of hydrogen-bond donors (Lipinski definition) is 3. The highest BCUT2D eigenvalue weighted by Gasteiger charge is 2.13. The van der Waals surface area contributed by atoms with Crippen LogP contribution < -0.4 is 16.6 Å². The van der Waals surface area contributed by atoms with Gasteiger partial charge in [-0.25, -0.2) is 0 Å². The van der Waals surface area contributed by atoms with Crippen molar-refractivity contribution in [2.75, 3.05) is 10.7 Å². The summed E-state index contributed by atoms with van der Waals surface area (Å²) in [5.74, 6) is 5.21. The number of amides is 1. The summed E-state index contributed by atoms with van der Waals surface area (Å²) in [5, 5.41) is 9.67. The van der Waals surface area contributed by atoms with Gasteiger partial charge in [0.25, 0.3) is 5.91 Å². The van der Waals surface area contributed by atoms with Gasteiger partial charge in [-0.2, -0.15) is 0 Å². The van der Waals surface area contributed by atoms with Gasteiger partial charge in [-0.05, 0) is 6.07 Å². The topological polar surface area (TPSA) is 119 Å². The monoisotopic (exact) mass is 234 g/mol. The minimum absolute atomic E-state index is 0.0272. The molecule has 0 fully saturated rings. The van der Waals surface area contributed by atoms with E-state index in [1.807, 2.05) is 0 Å². The first kappa shape index (κ1) is 11.0. The number of aryl methyl sites for hydroxylation is 1. The number of rotatable bonds is 3. The standard InChI is InChI=1S/C9H10N6O2/c1-5-14-15-9(17-5)12-8(16)6-4-11-3-2-7(6)13-10/h2-4H,10H2,1H3,(H,11,13)(H,12,15,16). The van der Waals surface area contributed by atoms with Crippen molar-refractivity contribution >= 4 is 17.6 Å². The van der Waals surface area contributed by atoms with Gasteiger partial charge in [-0.3, -0.25) is 20.9 Å². The lowest BCUT2D eigenvalue weighted by atomic mass is 10.2. The number of hydrogen-bond acceptors (Lipinski definition) is 7. The first-order valence-electron chi connectivity index (χ1n) is 4.73. The molecule has 8 nitrogen and oxygen atoms in total. The lowest BCUT2D eigenvalue weighted by molar-refractivity contribution is 0.102. The molecule has 0 saturated heterocycles. The Morgan fingerprint density at radius 1 is 1.47 bits per heavy atom. The van der Waals surface area contributed by atoms with E-state index in [4.69, 9.17) is 10.3 Å². The second-order valence-corrected chi connectivity index (χ2v) is 3.15. The lowest BCUT2D eigenvalue weighted by Crippen LogP contribution is -2.17. The van der Waals surface area contributed by atoms with E-state index in [-0.39, 0.29) is 11.6 Å². The molecule has 0 bridgehead atoms. The summed E-state index contributed by atoms with van der Waals surface area (Å²) in [6.45, 7) is 1.62. The summed E-state index contributed by atoms with van der Waals surface area (Å²) in [6.07, 6.45) is 2.90. The Morgan fingerprint density at radius 2 is 2.29 bits per heavy atom. The van der Waals surface area contributed by atoms with Crippen LogP contribution in [-0.4, -0.2) is 21.1 Å². The number of nitrogen functional groups attached to an aromatic ring is 1. The third-order valence-corrected chi connectivity index (χ3v) is 1.97. The maximum absolute atomic E-state index is 11.8. The molecule has 4 N–H and O–H groups in total. The minimum atomic E-state index is -0.435. The van der Waals surface area contributed by atoms with E-state index in [1.165, 1.54) is 12.4 Å². The van der Waals surface area contributed by atoms with Crippen LogP contribution in [0.5, 0.6) is 0 Å². The number of carbonyl (C=O) groups is 1. The zero-order valence-corrected chi connectivity index (χ0v) is 8.97. The number of pyridine rings is 1. The number of nitrogens with zero attached hydrogens (tertiary/aromatic N) is 3. The Bertz CT molecular complexity index is 538. The van der Waals surface area contributed by atoms with Gasteiger partial charge >= 0.3 is 6.01 Å². The van der Waals surface area contributed by atoms with Crippen molar-refractivity contribution in [3.05, 3.63) is 29.9 Å². The van der Waals surface area contributed by atoms with E-state index in [9.17, 15) is 4.79 Å². The van der Waals surface area contributed by atoms with E-state index in [2.05, 4.69) is 25.9 Å². The summed E-state index contributed by atoms with van der Waals surface area (Å²) < 4.78 is 5.02. The average molecular weight is 234 g/mol. The third-order valence-electron chi connectivity index (χ3n) is 1.97. The maximum atomic E-state index is 11.8. The molecule has 88 valence electrons.